The molecule has 4 aromatic rings. The van der Waals surface area contributed by atoms with Crippen molar-refractivity contribution in [3.63, 3.8) is 0 Å². The predicted octanol–water partition coefficient (Wildman–Crippen LogP) is 4.99. The number of thiophene rings is 1. The Kier molecular flexibility index (Phi) is 4.32. The molecule has 0 saturated heterocycles. The van der Waals surface area contributed by atoms with Gasteiger partial charge in [0.25, 0.3) is 0 Å². The quantitative estimate of drug-likeness (QED) is 0.548. The van der Waals surface area contributed by atoms with E-state index in [1.807, 2.05) is 18.2 Å². The van der Waals surface area contributed by atoms with E-state index in [-0.39, 0.29) is 0 Å². The maximum Gasteiger partial charge on any atom is 0.142 e. The second-order valence-electron chi connectivity index (χ2n) is 6.84. The molecule has 1 N–H and O–H groups in total. The zero-order valence-corrected chi connectivity index (χ0v) is 15.7. The molecule has 0 bridgehead atoms. The third-order valence-corrected chi connectivity index (χ3v) is 6.13. The monoisotopic (exact) mass is 372 g/mol. The molecule has 0 amide bonds. The Morgan fingerprint density at radius 3 is 2.56 bits per heavy atom. The number of aromatic nitrogens is 2. The van der Waals surface area contributed by atoms with Crippen LogP contribution in [-0.4, -0.2) is 21.4 Å². The average Bonchev–Trinajstić information content (AvgIpc) is 3.08. The van der Waals surface area contributed by atoms with Gasteiger partial charge in [-0.15, -0.1) is 11.3 Å². The summed E-state index contributed by atoms with van der Waals surface area (Å²) in [5.74, 6) is 0.917. The molecule has 2 aromatic heterocycles. The van der Waals surface area contributed by atoms with Gasteiger partial charge in [0.2, 0.25) is 0 Å². The lowest BCUT2D eigenvalue weighted by Gasteiger charge is -2.27. The Morgan fingerprint density at radius 1 is 0.963 bits per heavy atom. The molecule has 0 aliphatic carbocycles. The van der Waals surface area contributed by atoms with E-state index < -0.39 is 0 Å². The fourth-order valence-corrected chi connectivity index (χ4v) is 4.94. The van der Waals surface area contributed by atoms with Crippen molar-refractivity contribution in [3.8, 4) is 0 Å². The second kappa shape index (κ2) is 7.10. The van der Waals surface area contributed by atoms with E-state index in [1.165, 1.54) is 21.4 Å². The summed E-state index contributed by atoms with van der Waals surface area (Å²) in [7, 11) is 0. The zero-order chi connectivity index (χ0) is 18.1. The number of nitrogens with zero attached hydrogens (tertiary/aromatic N) is 3. The maximum atomic E-state index is 4.55. The molecule has 1 aliphatic heterocycles. The summed E-state index contributed by atoms with van der Waals surface area (Å²) in [6.45, 7) is 3.04. The van der Waals surface area contributed by atoms with Crippen molar-refractivity contribution in [2.75, 3.05) is 11.9 Å². The van der Waals surface area contributed by atoms with Crippen LogP contribution in [0.5, 0.6) is 0 Å². The summed E-state index contributed by atoms with van der Waals surface area (Å²) in [6.07, 6.45) is 2.70. The van der Waals surface area contributed by atoms with E-state index in [0.29, 0.717) is 0 Å². The second-order valence-corrected chi connectivity index (χ2v) is 7.93. The molecular formula is C22H20N4S. The Morgan fingerprint density at radius 2 is 1.74 bits per heavy atom. The van der Waals surface area contributed by atoms with E-state index in [2.05, 4.69) is 62.6 Å². The average molecular weight is 372 g/mol. The number of hydrogen-bond acceptors (Lipinski definition) is 5. The highest BCUT2D eigenvalue weighted by atomic mass is 32.1. The first-order chi connectivity index (χ1) is 13.4. The Bertz CT molecular complexity index is 1060. The summed E-state index contributed by atoms with van der Waals surface area (Å²) >= 11 is 1.81. The molecule has 0 saturated carbocycles. The molecule has 0 spiro atoms. The van der Waals surface area contributed by atoms with Crippen LogP contribution in [0.4, 0.5) is 11.5 Å². The lowest BCUT2D eigenvalue weighted by Crippen LogP contribution is -2.29. The van der Waals surface area contributed by atoms with Crippen molar-refractivity contribution >= 4 is 33.1 Å². The van der Waals surface area contributed by atoms with Crippen molar-refractivity contribution in [1.29, 1.82) is 0 Å². The van der Waals surface area contributed by atoms with Crippen molar-refractivity contribution in [2.24, 2.45) is 0 Å². The van der Waals surface area contributed by atoms with Gasteiger partial charge in [-0.05, 0) is 29.7 Å². The minimum atomic E-state index is 0.917. The number of hydrogen-bond donors (Lipinski definition) is 1. The van der Waals surface area contributed by atoms with Gasteiger partial charge in [-0.25, -0.2) is 9.97 Å². The number of para-hydroxylation sites is 1. The fraction of sp³-hybridized carbons (Fsp3) is 0.182. The summed E-state index contributed by atoms with van der Waals surface area (Å²) in [4.78, 5) is 14.1. The van der Waals surface area contributed by atoms with Crippen LogP contribution in [0.2, 0.25) is 0 Å². The number of anilines is 2. The molecule has 134 valence electrons. The fourth-order valence-electron chi connectivity index (χ4n) is 3.71. The van der Waals surface area contributed by atoms with Crippen LogP contribution in [0.3, 0.4) is 0 Å². The minimum Gasteiger partial charge on any atom is -0.340 e. The molecular weight excluding hydrogens is 352 g/mol. The summed E-state index contributed by atoms with van der Waals surface area (Å²) in [5.41, 5.74) is 3.84. The van der Waals surface area contributed by atoms with E-state index in [1.54, 1.807) is 17.7 Å². The van der Waals surface area contributed by atoms with Crippen molar-refractivity contribution in [2.45, 2.75) is 19.5 Å². The molecule has 3 heterocycles. The lowest BCUT2D eigenvalue weighted by atomic mass is 10.0. The first-order valence-corrected chi connectivity index (χ1v) is 10.0. The lowest BCUT2D eigenvalue weighted by molar-refractivity contribution is 0.249. The smallest absolute Gasteiger partial charge is 0.142 e. The maximum absolute atomic E-state index is 4.55. The molecule has 27 heavy (non-hydrogen) atoms. The van der Waals surface area contributed by atoms with Gasteiger partial charge in [0.15, 0.2) is 0 Å². The van der Waals surface area contributed by atoms with Crippen molar-refractivity contribution in [3.05, 3.63) is 83.0 Å². The molecule has 0 fully saturated rings. The standard InChI is InChI=1S/C22H20N4S/c1-3-7-16(8-4-1)13-26-12-11-18-19(14-26)27-22-20(18)21(23-15-24-22)25-17-9-5-2-6-10-17/h1-10,15H,11-14H2,(H,23,24,25). The molecule has 2 aromatic carbocycles. The van der Waals surface area contributed by atoms with E-state index in [4.69, 9.17) is 0 Å². The van der Waals surface area contributed by atoms with E-state index in [0.717, 1.165) is 42.4 Å². The topological polar surface area (TPSA) is 41.1 Å². The van der Waals surface area contributed by atoms with Crippen LogP contribution < -0.4 is 5.32 Å². The molecule has 5 rings (SSSR count). The van der Waals surface area contributed by atoms with Crippen LogP contribution in [-0.2, 0) is 19.5 Å². The third-order valence-electron chi connectivity index (χ3n) is 5.00. The van der Waals surface area contributed by atoms with E-state index >= 15 is 0 Å². The van der Waals surface area contributed by atoms with Crippen LogP contribution in [0.25, 0.3) is 10.2 Å². The largest absolute Gasteiger partial charge is 0.340 e. The Balaban J connectivity index is 1.45. The molecule has 1 aliphatic rings. The predicted molar refractivity (Wildman–Crippen MR) is 111 cm³/mol. The Labute approximate surface area is 162 Å². The summed E-state index contributed by atoms with van der Waals surface area (Å²) in [6, 6.07) is 20.9. The molecule has 4 nitrogen and oxygen atoms in total. The number of rotatable bonds is 4. The van der Waals surface area contributed by atoms with Gasteiger partial charge in [-0.2, -0.15) is 0 Å². The number of nitrogens with one attached hydrogen (secondary N) is 1. The highest BCUT2D eigenvalue weighted by molar-refractivity contribution is 7.19. The molecule has 0 radical (unpaired) electrons. The van der Waals surface area contributed by atoms with Gasteiger partial charge in [-0.3, -0.25) is 4.90 Å². The van der Waals surface area contributed by atoms with Gasteiger partial charge in [0.1, 0.15) is 17.0 Å². The highest BCUT2D eigenvalue weighted by Gasteiger charge is 2.23. The summed E-state index contributed by atoms with van der Waals surface area (Å²) < 4.78 is 0. The van der Waals surface area contributed by atoms with E-state index in [9.17, 15) is 0 Å². The normalized spacial score (nSPS) is 14.2. The third kappa shape index (κ3) is 3.31. The van der Waals surface area contributed by atoms with Crippen molar-refractivity contribution in [1.82, 2.24) is 14.9 Å². The SMILES string of the molecule is c1ccc(CN2CCc3c(sc4ncnc(Nc5ccccc5)c34)C2)cc1. The van der Waals surface area contributed by atoms with Crippen molar-refractivity contribution < 1.29 is 0 Å². The number of benzene rings is 2. The van der Waals surface area contributed by atoms with Gasteiger partial charge in [-0.1, -0.05) is 48.5 Å². The van der Waals surface area contributed by atoms with Crippen LogP contribution >= 0.6 is 11.3 Å². The van der Waals surface area contributed by atoms with Crippen LogP contribution in [0.1, 0.15) is 16.0 Å². The summed E-state index contributed by atoms with van der Waals surface area (Å²) in [5, 5.41) is 4.67. The first-order valence-electron chi connectivity index (χ1n) is 9.20. The first kappa shape index (κ1) is 16.4. The van der Waals surface area contributed by atoms with Gasteiger partial charge in [0, 0.05) is 30.2 Å². The van der Waals surface area contributed by atoms with Gasteiger partial charge < -0.3 is 5.32 Å². The molecule has 5 heteroatoms. The van der Waals surface area contributed by atoms with Gasteiger partial charge in [0.05, 0.1) is 5.39 Å². The van der Waals surface area contributed by atoms with Crippen LogP contribution in [0, 0.1) is 0 Å². The van der Waals surface area contributed by atoms with Gasteiger partial charge >= 0.3 is 0 Å². The number of fused-ring (bicyclic) bond motifs is 3. The molecule has 0 unspecified atom stereocenters. The van der Waals surface area contributed by atoms with Crippen LogP contribution in [0.15, 0.2) is 67.0 Å². The highest BCUT2D eigenvalue weighted by Crippen LogP contribution is 2.38. The molecule has 0 atom stereocenters. The Hall–Kier alpha value is -2.76. The zero-order valence-electron chi connectivity index (χ0n) is 14.9. The minimum absolute atomic E-state index is 0.917.